The van der Waals surface area contributed by atoms with Gasteiger partial charge in [0.2, 0.25) is 0 Å². The van der Waals surface area contributed by atoms with Crippen molar-refractivity contribution in [3.63, 3.8) is 0 Å². The van der Waals surface area contributed by atoms with Crippen LogP contribution in [0.1, 0.15) is 11.1 Å². The minimum absolute atomic E-state index is 0.0315. The van der Waals surface area contributed by atoms with E-state index in [1.54, 1.807) is 0 Å². The molecule has 0 radical (unpaired) electrons. The van der Waals surface area contributed by atoms with Gasteiger partial charge in [-0.3, -0.25) is 15.1 Å². The van der Waals surface area contributed by atoms with Crippen LogP contribution in [0.2, 0.25) is 0 Å². The van der Waals surface area contributed by atoms with Crippen molar-refractivity contribution in [3.8, 4) is 5.75 Å². The number of aromatic hydroxyl groups is 1. The smallest absolute Gasteiger partial charge is 0.278 e. The molecular weight excluding hydrogens is 244 g/mol. The van der Waals surface area contributed by atoms with Crippen LogP contribution in [-0.2, 0) is 0 Å². The van der Waals surface area contributed by atoms with E-state index in [-0.39, 0.29) is 17.0 Å². The molecule has 0 aromatic heterocycles. The summed E-state index contributed by atoms with van der Waals surface area (Å²) in [6, 6.07) is 11.3. The van der Waals surface area contributed by atoms with E-state index in [4.69, 9.17) is 0 Å². The second-order valence-corrected chi connectivity index (χ2v) is 4.09. The monoisotopic (exact) mass is 256 g/mol. The van der Waals surface area contributed by atoms with Crippen LogP contribution in [0.3, 0.4) is 0 Å². The van der Waals surface area contributed by atoms with E-state index in [1.807, 2.05) is 31.2 Å². The summed E-state index contributed by atoms with van der Waals surface area (Å²) in [7, 11) is 0. The van der Waals surface area contributed by atoms with Crippen molar-refractivity contribution in [2.75, 3.05) is 0 Å². The van der Waals surface area contributed by atoms with Crippen molar-refractivity contribution in [2.45, 2.75) is 6.92 Å². The fourth-order valence-electron chi connectivity index (χ4n) is 1.59. The molecule has 0 unspecified atom stereocenters. The summed E-state index contributed by atoms with van der Waals surface area (Å²) in [5, 5.41) is 20.2. The van der Waals surface area contributed by atoms with E-state index in [2.05, 4.69) is 4.99 Å². The lowest BCUT2D eigenvalue weighted by atomic mass is 10.2. The molecule has 0 bridgehead atoms. The van der Waals surface area contributed by atoms with Gasteiger partial charge in [0.05, 0.1) is 16.2 Å². The second-order valence-electron chi connectivity index (χ2n) is 4.09. The van der Waals surface area contributed by atoms with Crippen molar-refractivity contribution in [1.82, 2.24) is 0 Å². The molecule has 0 aliphatic heterocycles. The number of phenolic OH excluding ortho intramolecular Hbond substituents is 1. The summed E-state index contributed by atoms with van der Waals surface area (Å²) >= 11 is 0. The van der Waals surface area contributed by atoms with Crippen molar-refractivity contribution in [2.24, 2.45) is 4.99 Å². The number of hydrogen-bond acceptors (Lipinski definition) is 4. The number of aryl methyl sites for hydroxylation is 1. The van der Waals surface area contributed by atoms with E-state index in [0.29, 0.717) is 5.69 Å². The zero-order chi connectivity index (χ0) is 13.8. The first-order valence-electron chi connectivity index (χ1n) is 5.64. The summed E-state index contributed by atoms with van der Waals surface area (Å²) in [6.45, 7) is 1.97. The Hall–Kier alpha value is -2.69. The lowest BCUT2D eigenvalue weighted by Gasteiger charge is -1.99. The van der Waals surface area contributed by atoms with Crippen LogP contribution < -0.4 is 0 Å². The number of nitrogens with zero attached hydrogens (tertiary/aromatic N) is 2. The molecule has 0 saturated carbocycles. The Balaban J connectivity index is 2.34. The van der Waals surface area contributed by atoms with Crippen LogP contribution in [0.4, 0.5) is 11.4 Å². The van der Waals surface area contributed by atoms with Crippen LogP contribution >= 0.6 is 0 Å². The summed E-state index contributed by atoms with van der Waals surface area (Å²) in [5.74, 6) is -0.0315. The average Bonchev–Trinajstić information content (AvgIpc) is 2.38. The highest BCUT2D eigenvalue weighted by atomic mass is 16.6. The van der Waals surface area contributed by atoms with Crippen LogP contribution in [0.15, 0.2) is 47.5 Å². The highest BCUT2D eigenvalue weighted by Gasteiger charge is 2.12. The molecule has 0 heterocycles. The molecule has 2 rings (SSSR count). The quantitative estimate of drug-likeness (QED) is 0.519. The lowest BCUT2D eigenvalue weighted by Crippen LogP contribution is -1.93. The lowest BCUT2D eigenvalue weighted by molar-refractivity contribution is -0.385. The molecule has 96 valence electrons. The molecule has 0 aliphatic carbocycles. The van der Waals surface area contributed by atoms with Crippen molar-refractivity contribution in [3.05, 3.63) is 63.7 Å². The van der Waals surface area contributed by atoms with Crippen LogP contribution in [0.25, 0.3) is 0 Å². The third kappa shape index (κ3) is 3.16. The molecular formula is C14H12N2O3. The standard InChI is InChI=1S/C14H12N2O3/c1-10-2-4-12(5-3-10)15-9-11-8-13(17)6-7-14(11)16(18)19/h2-9,17H,1H3. The molecule has 2 aromatic carbocycles. The molecule has 1 N–H and O–H groups in total. The first-order chi connectivity index (χ1) is 9.06. The van der Waals surface area contributed by atoms with E-state index >= 15 is 0 Å². The predicted molar refractivity (Wildman–Crippen MR) is 73.2 cm³/mol. The number of rotatable bonds is 3. The Kier molecular flexibility index (Phi) is 3.56. The minimum atomic E-state index is -0.504. The summed E-state index contributed by atoms with van der Waals surface area (Å²) in [5.41, 5.74) is 1.99. The van der Waals surface area contributed by atoms with Gasteiger partial charge in [0.25, 0.3) is 5.69 Å². The molecule has 19 heavy (non-hydrogen) atoms. The molecule has 5 nitrogen and oxygen atoms in total. The molecule has 0 aliphatic rings. The zero-order valence-corrected chi connectivity index (χ0v) is 10.3. The Morgan fingerprint density at radius 1 is 1.21 bits per heavy atom. The summed E-state index contributed by atoms with van der Waals surface area (Å²) < 4.78 is 0. The first kappa shape index (κ1) is 12.8. The van der Waals surface area contributed by atoms with Gasteiger partial charge in [-0.2, -0.15) is 0 Å². The number of nitro groups is 1. The zero-order valence-electron chi connectivity index (χ0n) is 10.3. The van der Waals surface area contributed by atoms with E-state index in [0.717, 1.165) is 5.56 Å². The Morgan fingerprint density at radius 2 is 1.89 bits per heavy atom. The summed E-state index contributed by atoms with van der Waals surface area (Å²) in [6.07, 6.45) is 1.38. The van der Waals surface area contributed by atoms with Gasteiger partial charge in [-0.1, -0.05) is 17.7 Å². The van der Waals surface area contributed by atoms with Crippen molar-refractivity contribution < 1.29 is 10.0 Å². The highest BCUT2D eigenvalue weighted by molar-refractivity contribution is 5.87. The van der Waals surface area contributed by atoms with Gasteiger partial charge in [0.1, 0.15) is 5.75 Å². The van der Waals surface area contributed by atoms with Crippen molar-refractivity contribution >= 4 is 17.6 Å². The SMILES string of the molecule is Cc1ccc(N=Cc2cc(O)ccc2[N+](=O)[O-])cc1. The minimum Gasteiger partial charge on any atom is -0.508 e. The number of hydrogen-bond donors (Lipinski definition) is 1. The Morgan fingerprint density at radius 3 is 2.53 bits per heavy atom. The van der Waals surface area contributed by atoms with Gasteiger partial charge in [0.15, 0.2) is 0 Å². The van der Waals surface area contributed by atoms with Crippen LogP contribution in [0, 0.1) is 17.0 Å². The fraction of sp³-hybridized carbons (Fsp3) is 0.0714. The third-order valence-electron chi connectivity index (χ3n) is 2.59. The number of nitro benzene ring substituents is 1. The molecule has 0 amide bonds. The van der Waals surface area contributed by atoms with E-state index in [9.17, 15) is 15.2 Å². The normalized spacial score (nSPS) is 10.8. The highest BCUT2D eigenvalue weighted by Crippen LogP contribution is 2.22. The molecule has 0 atom stereocenters. The molecule has 0 saturated heterocycles. The van der Waals surface area contributed by atoms with Gasteiger partial charge in [-0.15, -0.1) is 0 Å². The van der Waals surface area contributed by atoms with E-state index in [1.165, 1.54) is 24.4 Å². The Labute approximate surface area is 110 Å². The molecule has 5 heteroatoms. The molecule has 2 aromatic rings. The third-order valence-corrected chi connectivity index (χ3v) is 2.59. The maximum atomic E-state index is 10.9. The topological polar surface area (TPSA) is 75.7 Å². The first-order valence-corrected chi connectivity index (χ1v) is 5.64. The fourth-order valence-corrected chi connectivity index (χ4v) is 1.59. The van der Waals surface area contributed by atoms with Gasteiger partial charge in [0, 0.05) is 12.3 Å². The van der Waals surface area contributed by atoms with Crippen LogP contribution in [0.5, 0.6) is 5.75 Å². The van der Waals surface area contributed by atoms with Crippen LogP contribution in [-0.4, -0.2) is 16.2 Å². The Bertz CT molecular complexity index is 634. The van der Waals surface area contributed by atoms with E-state index < -0.39 is 4.92 Å². The van der Waals surface area contributed by atoms with Gasteiger partial charge >= 0.3 is 0 Å². The number of phenols is 1. The largest absolute Gasteiger partial charge is 0.508 e. The van der Waals surface area contributed by atoms with Gasteiger partial charge < -0.3 is 5.11 Å². The van der Waals surface area contributed by atoms with Gasteiger partial charge in [-0.05, 0) is 31.2 Å². The van der Waals surface area contributed by atoms with Gasteiger partial charge in [-0.25, -0.2) is 0 Å². The molecule has 0 fully saturated rings. The number of aliphatic imine (C=N–C) groups is 1. The second kappa shape index (κ2) is 5.30. The maximum Gasteiger partial charge on any atom is 0.278 e. The number of benzene rings is 2. The predicted octanol–water partition coefficient (Wildman–Crippen LogP) is 3.36. The maximum absolute atomic E-state index is 10.9. The van der Waals surface area contributed by atoms with Crippen molar-refractivity contribution in [1.29, 1.82) is 0 Å². The molecule has 0 spiro atoms. The summed E-state index contributed by atoms with van der Waals surface area (Å²) in [4.78, 5) is 14.5. The average molecular weight is 256 g/mol.